The van der Waals surface area contributed by atoms with Gasteiger partial charge in [0.1, 0.15) is 10.8 Å². The highest BCUT2D eigenvalue weighted by Crippen LogP contribution is 2.26. The predicted molar refractivity (Wildman–Crippen MR) is 78.0 cm³/mol. The molecule has 1 aromatic heterocycles. The standard InChI is InChI=1S/C12H8BrFN2O3S/c13-7-2-1-3-8(14)9(7)15-12(19)16-10-6(11(17)18)4-5-20-10/h1-5H,(H,17,18)(H2,15,16,19). The maximum Gasteiger partial charge on any atom is 0.338 e. The number of hydrogen-bond donors (Lipinski definition) is 3. The monoisotopic (exact) mass is 358 g/mol. The molecule has 0 fully saturated rings. The molecule has 0 saturated heterocycles. The summed E-state index contributed by atoms with van der Waals surface area (Å²) in [5.41, 5.74) is -0.0313. The molecule has 0 bridgehead atoms. The smallest absolute Gasteiger partial charge is 0.338 e. The normalized spacial score (nSPS) is 10.1. The summed E-state index contributed by atoms with van der Waals surface area (Å²) in [5, 5.41) is 15.3. The van der Waals surface area contributed by atoms with Gasteiger partial charge in [0, 0.05) is 4.47 Å². The Morgan fingerprint density at radius 2 is 2.00 bits per heavy atom. The van der Waals surface area contributed by atoms with Crippen LogP contribution < -0.4 is 10.6 Å². The summed E-state index contributed by atoms with van der Waals surface area (Å²) < 4.78 is 13.9. The number of benzene rings is 1. The maximum absolute atomic E-state index is 13.5. The molecule has 0 spiro atoms. The fourth-order valence-corrected chi connectivity index (χ4v) is 2.65. The van der Waals surface area contributed by atoms with Crippen molar-refractivity contribution < 1.29 is 19.1 Å². The van der Waals surface area contributed by atoms with Crippen LogP contribution in [0.15, 0.2) is 34.1 Å². The highest BCUT2D eigenvalue weighted by atomic mass is 79.9. The zero-order valence-corrected chi connectivity index (χ0v) is 12.2. The second-order valence-corrected chi connectivity index (χ2v) is 5.41. The first-order chi connectivity index (χ1) is 9.49. The molecule has 1 aromatic carbocycles. The van der Waals surface area contributed by atoms with Crippen molar-refractivity contribution in [2.75, 3.05) is 10.6 Å². The predicted octanol–water partition coefficient (Wildman–Crippen LogP) is 3.99. The van der Waals surface area contributed by atoms with Gasteiger partial charge in [-0.3, -0.25) is 5.32 Å². The number of hydrogen-bond acceptors (Lipinski definition) is 3. The lowest BCUT2D eigenvalue weighted by molar-refractivity contribution is 0.0698. The van der Waals surface area contributed by atoms with E-state index in [1.54, 1.807) is 6.07 Å². The van der Waals surface area contributed by atoms with Crippen LogP contribution in [0.1, 0.15) is 10.4 Å². The Labute approximate surface area is 125 Å². The van der Waals surface area contributed by atoms with Gasteiger partial charge in [-0.15, -0.1) is 11.3 Å². The lowest BCUT2D eigenvalue weighted by atomic mass is 10.3. The Bertz CT molecular complexity index is 654. The molecule has 0 unspecified atom stereocenters. The molecule has 0 aliphatic heterocycles. The summed E-state index contributed by atoms with van der Waals surface area (Å²) in [6, 6.07) is 4.92. The number of urea groups is 1. The van der Waals surface area contributed by atoms with Crippen LogP contribution in [0.2, 0.25) is 0 Å². The van der Waals surface area contributed by atoms with E-state index in [-0.39, 0.29) is 16.3 Å². The van der Waals surface area contributed by atoms with E-state index < -0.39 is 17.8 Å². The number of thiophene rings is 1. The van der Waals surface area contributed by atoms with Gasteiger partial charge in [-0.1, -0.05) is 6.07 Å². The number of para-hydroxylation sites is 1. The molecular formula is C12H8BrFN2O3S. The van der Waals surface area contributed by atoms with Gasteiger partial charge >= 0.3 is 12.0 Å². The van der Waals surface area contributed by atoms with E-state index in [9.17, 15) is 14.0 Å². The van der Waals surface area contributed by atoms with E-state index in [2.05, 4.69) is 26.6 Å². The van der Waals surface area contributed by atoms with E-state index in [0.717, 1.165) is 11.3 Å². The van der Waals surface area contributed by atoms with Crippen LogP contribution >= 0.6 is 27.3 Å². The lowest BCUT2D eigenvalue weighted by Crippen LogP contribution is -2.21. The molecule has 104 valence electrons. The minimum absolute atomic E-state index is 0.0153. The summed E-state index contributed by atoms with van der Waals surface area (Å²) >= 11 is 4.18. The summed E-state index contributed by atoms with van der Waals surface area (Å²) in [4.78, 5) is 22.7. The highest BCUT2D eigenvalue weighted by molar-refractivity contribution is 9.10. The van der Waals surface area contributed by atoms with Crippen LogP contribution in [-0.2, 0) is 0 Å². The van der Waals surface area contributed by atoms with Gasteiger partial charge in [0.15, 0.2) is 0 Å². The molecule has 0 aliphatic carbocycles. The fraction of sp³-hybridized carbons (Fsp3) is 0. The van der Waals surface area contributed by atoms with Gasteiger partial charge in [-0.05, 0) is 39.5 Å². The molecule has 20 heavy (non-hydrogen) atoms. The third-order valence-electron chi connectivity index (χ3n) is 2.32. The third kappa shape index (κ3) is 3.14. The van der Waals surface area contributed by atoms with Crippen LogP contribution in [0.5, 0.6) is 0 Å². The quantitative estimate of drug-likeness (QED) is 0.775. The Kier molecular flexibility index (Phi) is 4.35. The van der Waals surface area contributed by atoms with Crippen LogP contribution in [0.25, 0.3) is 0 Å². The second kappa shape index (κ2) is 6.02. The molecule has 0 saturated carbocycles. The number of rotatable bonds is 3. The molecule has 1 heterocycles. The average Bonchev–Trinajstić information content (AvgIpc) is 2.82. The molecule has 0 atom stereocenters. The number of carbonyl (C=O) groups is 2. The second-order valence-electron chi connectivity index (χ2n) is 3.64. The van der Waals surface area contributed by atoms with Gasteiger partial charge in [0.25, 0.3) is 0 Å². The largest absolute Gasteiger partial charge is 0.478 e. The Morgan fingerprint density at radius 1 is 1.25 bits per heavy atom. The number of carboxylic acid groups (broad SMARTS) is 1. The van der Waals surface area contributed by atoms with Crippen molar-refractivity contribution in [1.29, 1.82) is 0 Å². The number of carbonyl (C=O) groups excluding carboxylic acids is 1. The maximum atomic E-state index is 13.5. The van der Waals surface area contributed by atoms with Gasteiger partial charge < -0.3 is 10.4 Å². The fourth-order valence-electron chi connectivity index (χ4n) is 1.44. The molecular weight excluding hydrogens is 351 g/mol. The molecule has 2 amide bonds. The van der Waals surface area contributed by atoms with E-state index in [1.165, 1.54) is 23.6 Å². The summed E-state index contributed by atoms with van der Waals surface area (Å²) in [7, 11) is 0. The van der Waals surface area contributed by atoms with Crippen molar-refractivity contribution in [1.82, 2.24) is 0 Å². The summed E-state index contributed by atoms with van der Waals surface area (Å²) in [5.74, 6) is -1.74. The third-order valence-corrected chi connectivity index (χ3v) is 3.81. The highest BCUT2D eigenvalue weighted by Gasteiger charge is 2.15. The van der Waals surface area contributed by atoms with Crippen molar-refractivity contribution in [2.24, 2.45) is 0 Å². The van der Waals surface area contributed by atoms with E-state index >= 15 is 0 Å². The molecule has 3 N–H and O–H groups in total. The number of anilines is 2. The Hall–Kier alpha value is -1.93. The summed E-state index contributed by atoms with van der Waals surface area (Å²) in [6.07, 6.45) is 0. The zero-order chi connectivity index (χ0) is 14.7. The van der Waals surface area contributed by atoms with Crippen molar-refractivity contribution in [3.05, 3.63) is 45.5 Å². The van der Waals surface area contributed by atoms with E-state index in [0.29, 0.717) is 4.47 Å². The molecule has 2 rings (SSSR count). The first kappa shape index (κ1) is 14.5. The van der Waals surface area contributed by atoms with Crippen LogP contribution in [0, 0.1) is 5.82 Å². The van der Waals surface area contributed by atoms with Crippen molar-refractivity contribution in [3.63, 3.8) is 0 Å². The molecule has 2 aromatic rings. The van der Waals surface area contributed by atoms with Gasteiger partial charge in [0.2, 0.25) is 0 Å². The number of halogens is 2. The van der Waals surface area contributed by atoms with Crippen molar-refractivity contribution in [2.45, 2.75) is 0 Å². The first-order valence-electron chi connectivity index (χ1n) is 5.32. The average molecular weight is 359 g/mol. The minimum atomic E-state index is -1.14. The van der Waals surface area contributed by atoms with Crippen LogP contribution in [0.3, 0.4) is 0 Å². The summed E-state index contributed by atoms with van der Waals surface area (Å²) in [6.45, 7) is 0. The van der Waals surface area contributed by atoms with Crippen LogP contribution in [0.4, 0.5) is 19.9 Å². The zero-order valence-electron chi connectivity index (χ0n) is 9.81. The minimum Gasteiger partial charge on any atom is -0.478 e. The van der Waals surface area contributed by atoms with E-state index in [1.807, 2.05) is 0 Å². The number of carboxylic acids is 1. The van der Waals surface area contributed by atoms with Crippen molar-refractivity contribution in [3.8, 4) is 0 Å². The lowest BCUT2D eigenvalue weighted by Gasteiger charge is -2.09. The molecule has 8 heteroatoms. The van der Waals surface area contributed by atoms with E-state index in [4.69, 9.17) is 5.11 Å². The van der Waals surface area contributed by atoms with Gasteiger partial charge in [-0.25, -0.2) is 14.0 Å². The number of aromatic carboxylic acids is 1. The number of amides is 2. The van der Waals surface area contributed by atoms with Gasteiger partial charge in [-0.2, -0.15) is 0 Å². The topological polar surface area (TPSA) is 78.4 Å². The molecule has 5 nitrogen and oxygen atoms in total. The molecule has 0 aliphatic rings. The van der Waals surface area contributed by atoms with Gasteiger partial charge in [0.05, 0.1) is 11.3 Å². The SMILES string of the molecule is O=C(Nc1sccc1C(=O)O)Nc1c(F)cccc1Br. The Balaban J connectivity index is 2.14. The Morgan fingerprint density at radius 3 is 2.65 bits per heavy atom. The molecule has 0 radical (unpaired) electrons. The van der Waals surface area contributed by atoms with Crippen molar-refractivity contribution >= 4 is 50.0 Å². The number of nitrogens with one attached hydrogen (secondary N) is 2. The first-order valence-corrected chi connectivity index (χ1v) is 6.99. The van der Waals surface area contributed by atoms with Crippen LogP contribution in [-0.4, -0.2) is 17.1 Å².